The van der Waals surface area contributed by atoms with Crippen molar-refractivity contribution >= 4 is 47.4 Å². The monoisotopic (exact) mass is 404 g/mol. The van der Waals surface area contributed by atoms with Crippen molar-refractivity contribution in [2.24, 2.45) is 0 Å². The maximum Gasteiger partial charge on any atom is 0.158 e. The van der Waals surface area contributed by atoms with Crippen molar-refractivity contribution in [1.29, 1.82) is 0 Å². The summed E-state index contributed by atoms with van der Waals surface area (Å²) in [5.41, 5.74) is 3.09. The van der Waals surface area contributed by atoms with Gasteiger partial charge in [0.15, 0.2) is 5.75 Å². The summed E-state index contributed by atoms with van der Waals surface area (Å²) in [6.45, 7) is 8.64. The zero-order chi connectivity index (χ0) is 19.7. The molecule has 0 amide bonds. The molecule has 0 aliphatic carbocycles. The van der Waals surface area contributed by atoms with Crippen LogP contribution < -0.4 is 14.7 Å². The maximum absolute atomic E-state index is 6.13. The fourth-order valence-corrected chi connectivity index (χ4v) is 4.10. The molecule has 0 saturated carbocycles. The van der Waals surface area contributed by atoms with E-state index in [1.807, 2.05) is 60.7 Å². The minimum atomic E-state index is -0.121. The second-order valence-electron chi connectivity index (χ2n) is 6.72. The van der Waals surface area contributed by atoms with Crippen LogP contribution in [0.1, 0.15) is 22.6 Å². The van der Waals surface area contributed by atoms with E-state index in [2.05, 4.69) is 31.4 Å². The molecule has 138 valence electrons. The first-order chi connectivity index (χ1) is 13.6. The fraction of sp³-hybridized carbons (Fsp3) is 0.0400. The third-order valence-corrected chi connectivity index (χ3v) is 5.53. The number of halogens is 2. The van der Waals surface area contributed by atoms with E-state index in [1.165, 1.54) is 0 Å². The van der Waals surface area contributed by atoms with Crippen LogP contribution in [0.25, 0.3) is 23.9 Å². The Morgan fingerprint density at radius 2 is 1.21 bits per heavy atom. The first-order valence-electron chi connectivity index (χ1n) is 8.93. The normalized spacial score (nSPS) is 12.1. The topological polar surface area (TPSA) is 9.23 Å². The molecule has 0 heterocycles. The molecular weight excluding hydrogens is 387 g/mol. The standard InChI is InChI=1S/C25H18Cl2O/c1-16-21-10-6-7-11-22(21)17(2)25(28-27)23(16)24(18-8-4-3-5-9-18)19-12-14-20(26)15-13-19/h3-15,24H,1-2H2. The summed E-state index contributed by atoms with van der Waals surface area (Å²) < 4.78 is 5.36. The average Bonchev–Trinajstić information content (AvgIpc) is 2.74. The van der Waals surface area contributed by atoms with Gasteiger partial charge in [-0.05, 0) is 39.3 Å². The molecule has 0 aromatic heterocycles. The highest BCUT2D eigenvalue weighted by molar-refractivity contribution is 6.30. The molecule has 1 unspecified atom stereocenters. The highest BCUT2D eigenvalue weighted by atomic mass is 35.5. The van der Waals surface area contributed by atoms with Crippen LogP contribution in [0.2, 0.25) is 5.02 Å². The van der Waals surface area contributed by atoms with Crippen molar-refractivity contribution < 1.29 is 4.29 Å². The van der Waals surface area contributed by atoms with Gasteiger partial charge in [-0.2, -0.15) is 0 Å². The van der Waals surface area contributed by atoms with Crippen molar-refractivity contribution in [3.05, 3.63) is 111 Å². The molecule has 0 aliphatic rings. The lowest BCUT2D eigenvalue weighted by Gasteiger charge is -2.22. The van der Waals surface area contributed by atoms with Gasteiger partial charge in [0.1, 0.15) is 11.9 Å². The van der Waals surface area contributed by atoms with Gasteiger partial charge in [-0.15, -0.1) is 0 Å². The van der Waals surface area contributed by atoms with E-state index in [0.29, 0.717) is 10.8 Å². The van der Waals surface area contributed by atoms with Gasteiger partial charge in [0.2, 0.25) is 0 Å². The van der Waals surface area contributed by atoms with Crippen molar-refractivity contribution in [3.63, 3.8) is 0 Å². The Hall–Kier alpha value is -2.74. The fourth-order valence-electron chi connectivity index (χ4n) is 3.80. The molecule has 0 fully saturated rings. The van der Waals surface area contributed by atoms with Crippen LogP contribution in [0.5, 0.6) is 5.75 Å². The van der Waals surface area contributed by atoms with Crippen LogP contribution in [0.15, 0.2) is 78.9 Å². The second-order valence-corrected chi connectivity index (χ2v) is 7.31. The quantitative estimate of drug-likeness (QED) is 0.377. The summed E-state index contributed by atoms with van der Waals surface area (Å²) in [6, 6.07) is 26.1. The smallest absolute Gasteiger partial charge is 0.158 e. The molecule has 1 atom stereocenters. The van der Waals surface area contributed by atoms with Crippen molar-refractivity contribution in [3.8, 4) is 5.75 Å². The van der Waals surface area contributed by atoms with Gasteiger partial charge in [-0.25, -0.2) is 0 Å². The summed E-state index contributed by atoms with van der Waals surface area (Å²) in [5.74, 6) is 0.430. The molecule has 0 aliphatic heterocycles. The summed E-state index contributed by atoms with van der Waals surface area (Å²) in [4.78, 5) is 0. The molecule has 4 rings (SSSR count). The molecule has 0 saturated heterocycles. The molecule has 4 aromatic carbocycles. The lowest BCUT2D eigenvalue weighted by atomic mass is 9.82. The lowest BCUT2D eigenvalue weighted by Crippen LogP contribution is -2.22. The molecular formula is C25H18Cl2O. The summed E-state index contributed by atoms with van der Waals surface area (Å²) >= 11 is 12.1. The Morgan fingerprint density at radius 3 is 1.82 bits per heavy atom. The van der Waals surface area contributed by atoms with Crippen molar-refractivity contribution in [2.75, 3.05) is 0 Å². The Kier molecular flexibility index (Phi) is 5.13. The molecule has 3 heteroatoms. The zero-order valence-electron chi connectivity index (χ0n) is 15.2. The largest absolute Gasteiger partial charge is 0.385 e. The van der Waals surface area contributed by atoms with Gasteiger partial charge in [-0.3, -0.25) is 0 Å². The minimum absolute atomic E-state index is 0.121. The third kappa shape index (κ3) is 3.17. The molecule has 28 heavy (non-hydrogen) atoms. The number of rotatable bonds is 4. The number of fused-ring (bicyclic) bond motifs is 1. The number of benzene rings is 4. The third-order valence-electron chi connectivity index (χ3n) is 5.12. The second kappa shape index (κ2) is 7.71. The molecule has 0 spiro atoms. The Bertz CT molecular complexity index is 1230. The highest BCUT2D eigenvalue weighted by Crippen LogP contribution is 2.35. The Balaban J connectivity index is 2.11. The summed E-state index contributed by atoms with van der Waals surface area (Å²) in [7, 11) is 0. The van der Waals surface area contributed by atoms with Crippen LogP contribution in [0, 0.1) is 0 Å². The van der Waals surface area contributed by atoms with Gasteiger partial charge >= 0.3 is 0 Å². The maximum atomic E-state index is 6.13. The predicted molar refractivity (Wildman–Crippen MR) is 120 cm³/mol. The molecule has 1 nitrogen and oxygen atoms in total. The SMILES string of the molecule is C=c1c(OCl)c(C(c2ccccc2)c2ccc(Cl)cc2)c(=C)c2ccccc12. The van der Waals surface area contributed by atoms with Gasteiger partial charge in [0.25, 0.3) is 0 Å². The molecule has 4 aromatic rings. The van der Waals surface area contributed by atoms with Gasteiger partial charge in [0, 0.05) is 21.7 Å². The molecule has 0 radical (unpaired) electrons. The lowest BCUT2D eigenvalue weighted by molar-refractivity contribution is 0.601. The Labute approximate surface area is 174 Å². The number of hydrogen-bond acceptors (Lipinski definition) is 1. The van der Waals surface area contributed by atoms with Crippen LogP contribution in [-0.2, 0) is 0 Å². The minimum Gasteiger partial charge on any atom is -0.385 e. The van der Waals surface area contributed by atoms with Crippen LogP contribution in [0.4, 0.5) is 0 Å². The summed E-state index contributed by atoms with van der Waals surface area (Å²) in [5, 5.41) is 4.34. The van der Waals surface area contributed by atoms with Crippen LogP contribution in [-0.4, -0.2) is 0 Å². The predicted octanol–water partition coefficient (Wildman–Crippen LogP) is 6.03. The van der Waals surface area contributed by atoms with Crippen LogP contribution >= 0.6 is 23.5 Å². The van der Waals surface area contributed by atoms with Gasteiger partial charge < -0.3 is 4.29 Å². The van der Waals surface area contributed by atoms with E-state index in [-0.39, 0.29) is 5.92 Å². The van der Waals surface area contributed by atoms with E-state index < -0.39 is 0 Å². The van der Waals surface area contributed by atoms with E-state index in [4.69, 9.17) is 27.8 Å². The van der Waals surface area contributed by atoms with E-state index >= 15 is 0 Å². The Morgan fingerprint density at radius 1 is 0.679 bits per heavy atom. The van der Waals surface area contributed by atoms with Crippen molar-refractivity contribution in [1.82, 2.24) is 0 Å². The summed E-state index contributed by atoms with van der Waals surface area (Å²) in [6.07, 6.45) is 0. The van der Waals surface area contributed by atoms with Gasteiger partial charge in [0.05, 0.1) is 0 Å². The van der Waals surface area contributed by atoms with Gasteiger partial charge in [-0.1, -0.05) is 91.5 Å². The molecule has 0 bridgehead atoms. The van der Waals surface area contributed by atoms with E-state index in [1.54, 1.807) is 0 Å². The van der Waals surface area contributed by atoms with Crippen LogP contribution in [0.3, 0.4) is 0 Å². The average molecular weight is 405 g/mol. The van der Waals surface area contributed by atoms with Crippen molar-refractivity contribution in [2.45, 2.75) is 5.92 Å². The first kappa shape index (κ1) is 18.6. The highest BCUT2D eigenvalue weighted by Gasteiger charge is 2.24. The molecule has 0 N–H and O–H groups in total. The first-order valence-corrected chi connectivity index (χ1v) is 9.62. The number of hydrogen-bond donors (Lipinski definition) is 0. The van der Waals surface area contributed by atoms with E-state index in [9.17, 15) is 0 Å². The zero-order valence-corrected chi connectivity index (χ0v) is 16.7. The van der Waals surface area contributed by atoms with E-state index in [0.717, 1.165) is 37.9 Å².